The number of ether oxygens (including phenoxy) is 2. The standard InChI is InChI=1S/C27H38N4O5.4H2S/c1-17(2)14-21(27(34)31-15-23(35-3)25-24(31)22(32)16-36-25)28-26(33)18-4-6-19(7-5-18)29-10-12-30(13-11-29)20-8-9-20;;;;/h4-7,17,20-21,23-25H,8-16H2,1-3H3,(H,28,33);4*1H2/t21-,23-,24+,25+;;;;/m0..../s1. The average Bonchev–Trinajstić information content (AvgIpc) is 3.57. The van der Waals surface area contributed by atoms with Crippen LogP contribution in [0.4, 0.5) is 5.69 Å². The minimum Gasteiger partial charge on any atom is -0.377 e. The van der Waals surface area contributed by atoms with Crippen LogP contribution in [0.2, 0.25) is 0 Å². The molecule has 3 saturated heterocycles. The van der Waals surface area contributed by atoms with E-state index >= 15 is 0 Å². The number of likely N-dealkylation sites (tertiary alicyclic amines) is 1. The predicted molar refractivity (Wildman–Crippen MR) is 177 cm³/mol. The van der Waals surface area contributed by atoms with Crippen LogP contribution in [0.3, 0.4) is 0 Å². The number of anilines is 1. The molecule has 0 unspecified atom stereocenters. The molecule has 4 aliphatic rings. The average molecular weight is 635 g/mol. The van der Waals surface area contributed by atoms with E-state index < -0.39 is 18.2 Å². The van der Waals surface area contributed by atoms with Crippen LogP contribution in [0, 0.1) is 5.92 Å². The number of carbonyl (C=O) groups excluding carboxylic acids is 3. The lowest BCUT2D eigenvalue weighted by Crippen LogP contribution is -2.52. The molecular weight excluding hydrogens is 589 g/mol. The topological polar surface area (TPSA) is 91.4 Å². The van der Waals surface area contributed by atoms with Gasteiger partial charge < -0.3 is 24.6 Å². The molecule has 9 nitrogen and oxygen atoms in total. The molecule has 3 heterocycles. The number of nitrogens with one attached hydrogen (secondary N) is 1. The van der Waals surface area contributed by atoms with Crippen molar-refractivity contribution in [1.29, 1.82) is 0 Å². The van der Waals surface area contributed by atoms with Crippen molar-refractivity contribution in [1.82, 2.24) is 15.1 Å². The Morgan fingerprint density at radius 1 is 1.02 bits per heavy atom. The van der Waals surface area contributed by atoms with Crippen molar-refractivity contribution in [3.8, 4) is 0 Å². The largest absolute Gasteiger partial charge is 0.377 e. The van der Waals surface area contributed by atoms with Gasteiger partial charge in [0.1, 0.15) is 30.9 Å². The van der Waals surface area contributed by atoms with E-state index in [1.165, 1.54) is 12.8 Å². The second-order valence-corrected chi connectivity index (χ2v) is 10.9. The summed E-state index contributed by atoms with van der Waals surface area (Å²) < 4.78 is 11.1. The number of carbonyl (C=O) groups is 3. The fourth-order valence-corrected chi connectivity index (χ4v) is 5.79. The number of amides is 2. The Balaban J connectivity index is 0.00000200. The molecule has 228 valence electrons. The quantitative estimate of drug-likeness (QED) is 0.466. The number of rotatable bonds is 8. The van der Waals surface area contributed by atoms with Gasteiger partial charge >= 0.3 is 0 Å². The van der Waals surface area contributed by atoms with Crippen LogP contribution >= 0.6 is 54.0 Å². The second-order valence-electron chi connectivity index (χ2n) is 10.9. The summed E-state index contributed by atoms with van der Waals surface area (Å²) in [5, 5.41) is 2.95. The number of piperazine rings is 1. The van der Waals surface area contributed by atoms with E-state index in [9.17, 15) is 14.4 Å². The van der Waals surface area contributed by atoms with Crippen LogP contribution < -0.4 is 10.2 Å². The number of methoxy groups -OCH3 is 1. The van der Waals surface area contributed by atoms with Crippen molar-refractivity contribution in [3.63, 3.8) is 0 Å². The number of fused-ring (bicyclic) bond motifs is 1. The van der Waals surface area contributed by atoms with Gasteiger partial charge in [0.05, 0.1) is 6.54 Å². The number of benzene rings is 1. The van der Waals surface area contributed by atoms with Gasteiger partial charge in [-0.15, -0.1) is 0 Å². The van der Waals surface area contributed by atoms with Crippen molar-refractivity contribution < 1.29 is 23.9 Å². The monoisotopic (exact) mass is 634 g/mol. The second kappa shape index (κ2) is 15.9. The molecule has 1 aliphatic carbocycles. The fraction of sp³-hybridized carbons (Fsp3) is 0.667. The molecule has 1 N–H and O–H groups in total. The van der Waals surface area contributed by atoms with Gasteiger partial charge in [0.15, 0.2) is 5.78 Å². The molecular formula is C27H46N4O5S4. The highest BCUT2D eigenvalue weighted by Gasteiger charge is 2.53. The maximum atomic E-state index is 13.6. The lowest BCUT2D eigenvalue weighted by molar-refractivity contribution is -0.138. The molecule has 1 aromatic rings. The van der Waals surface area contributed by atoms with E-state index in [2.05, 4.69) is 15.1 Å². The first kappa shape index (κ1) is 36.9. The molecule has 13 heteroatoms. The summed E-state index contributed by atoms with van der Waals surface area (Å²) >= 11 is 0. The van der Waals surface area contributed by atoms with E-state index in [0.717, 1.165) is 37.9 Å². The van der Waals surface area contributed by atoms with Crippen molar-refractivity contribution in [3.05, 3.63) is 29.8 Å². The van der Waals surface area contributed by atoms with Gasteiger partial charge in [0.2, 0.25) is 5.91 Å². The summed E-state index contributed by atoms with van der Waals surface area (Å²) in [6, 6.07) is 7.07. The normalized spacial score (nSPS) is 24.7. The Bertz CT molecular complexity index is 990. The summed E-state index contributed by atoms with van der Waals surface area (Å²) in [4.78, 5) is 45.7. The lowest BCUT2D eigenvalue weighted by atomic mass is 10.0. The maximum absolute atomic E-state index is 13.6. The summed E-state index contributed by atoms with van der Waals surface area (Å²) in [5.41, 5.74) is 1.64. The Morgan fingerprint density at radius 2 is 1.65 bits per heavy atom. The SMILES string of the molecule is CO[C@H]1CN(C(=O)[C@H](CC(C)C)NC(=O)c2ccc(N3CCN(C4CC4)CC3)cc2)[C@@H]2C(=O)CO[C@H]12.S.S.S.S. The zero-order valence-corrected chi connectivity index (χ0v) is 27.5. The van der Waals surface area contributed by atoms with Crippen molar-refractivity contribution in [2.24, 2.45) is 5.92 Å². The zero-order chi connectivity index (χ0) is 25.4. The van der Waals surface area contributed by atoms with Gasteiger partial charge in [0.25, 0.3) is 5.91 Å². The van der Waals surface area contributed by atoms with Gasteiger partial charge in [0, 0.05) is 50.6 Å². The Kier molecular flexibility index (Phi) is 14.7. The number of nitrogens with zero attached hydrogens (tertiary/aromatic N) is 3. The summed E-state index contributed by atoms with van der Waals surface area (Å²) in [7, 11) is 1.56. The van der Waals surface area contributed by atoms with Gasteiger partial charge in [-0.25, -0.2) is 0 Å². The molecule has 3 aliphatic heterocycles. The maximum Gasteiger partial charge on any atom is 0.251 e. The van der Waals surface area contributed by atoms with Crippen molar-refractivity contribution >= 4 is 77.3 Å². The summed E-state index contributed by atoms with van der Waals surface area (Å²) in [6.07, 6.45) is 2.36. The summed E-state index contributed by atoms with van der Waals surface area (Å²) in [6.45, 7) is 8.46. The molecule has 0 bridgehead atoms. The third kappa shape index (κ3) is 8.05. The van der Waals surface area contributed by atoms with E-state index in [-0.39, 0.29) is 96.8 Å². The smallest absolute Gasteiger partial charge is 0.251 e. The van der Waals surface area contributed by atoms with Gasteiger partial charge in [-0.05, 0) is 49.4 Å². The molecule has 1 aromatic carbocycles. The highest BCUT2D eigenvalue weighted by molar-refractivity contribution is 7.59. The molecule has 4 atom stereocenters. The van der Waals surface area contributed by atoms with Gasteiger partial charge in [-0.2, -0.15) is 54.0 Å². The minimum atomic E-state index is -0.725. The molecule has 0 radical (unpaired) electrons. The third-order valence-electron chi connectivity index (χ3n) is 7.91. The van der Waals surface area contributed by atoms with Gasteiger partial charge in [-0.3, -0.25) is 19.3 Å². The minimum absolute atomic E-state index is 0. The van der Waals surface area contributed by atoms with Crippen LogP contribution in [0.5, 0.6) is 0 Å². The first-order valence-electron chi connectivity index (χ1n) is 13.2. The molecule has 5 rings (SSSR count). The Labute approximate surface area is 265 Å². The van der Waals surface area contributed by atoms with E-state index in [1.807, 2.05) is 38.1 Å². The van der Waals surface area contributed by atoms with E-state index in [0.29, 0.717) is 12.0 Å². The molecule has 40 heavy (non-hydrogen) atoms. The highest BCUT2D eigenvalue weighted by Crippen LogP contribution is 2.31. The van der Waals surface area contributed by atoms with Crippen molar-refractivity contribution in [2.45, 2.75) is 63.4 Å². The van der Waals surface area contributed by atoms with Crippen LogP contribution in [0.15, 0.2) is 24.3 Å². The molecule has 2 amide bonds. The van der Waals surface area contributed by atoms with Crippen molar-refractivity contribution in [2.75, 3.05) is 51.3 Å². The van der Waals surface area contributed by atoms with Crippen LogP contribution in [-0.2, 0) is 19.1 Å². The number of hydrogen-bond donors (Lipinski definition) is 1. The number of Topliss-reactive ketones (excluding diaryl/α,β-unsaturated/α-hetero) is 1. The highest BCUT2D eigenvalue weighted by atomic mass is 32.1. The van der Waals surface area contributed by atoms with E-state index in [4.69, 9.17) is 9.47 Å². The first-order valence-corrected chi connectivity index (χ1v) is 13.2. The summed E-state index contributed by atoms with van der Waals surface area (Å²) in [5.74, 6) is -0.470. The predicted octanol–water partition coefficient (Wildman–Crippen LogP) is 1.76. The molecule has 4 fully saturated rings. The Hall–Kier alpha value is -1.09. The Morgan fingerprint density at radius 3 is 2.20 bits per heavy atom. The number of ketones is 1. The third-order valence-corrected chi connectivity index (χ3v) is 7.91. The molecule has 1 saturated carbocycles. The first-order chi connectivity index (χ1) is 17.4. The number of hydrogen-bond acceptors (Lipinski definition) is 7. The zero-order valence-electron chi connectivity index (χ0n) is 23.5. The van der Waals surface area contributed by atoms with Gasteiger partial charge in [-0.1, -0.05) is 13.8 Å². The van der Waals surface area contributed by atoms with Crippen LogP contribution in [-0.4, -0.2) is 104 Å². The molecule has 0 aromatic heterocycles. The fourth-order valence-electron chi connectivity index (χ4n) is 5.79. The van der Waals surface area contributed by atoms with Crippen LogP contribution in [0.1, 0.15) is 43.5 Å². The lowest BCUT2D eigenvalue weighted by Gasteiger charge is -2.36. The molecule has 0 spiro atoms. The van der Waals surface area contributed by atoms with E-state index in [1.54, 1.807) is 12.0 Å². The van der Waals surface area contributed by atoms with Crippen LogP contribution in [0.25, 0.3) is 0 Å².